The van der Waals surface area contributed by atoms with Crippen LogP contribution < -0.4 is 4.90 Å². The van der Waals surface area contributed by atoms with E-state index in [0.29, 0.717) is 28.6 Å². The first-order valence-electron chi connectivity index (χ1n) is 11.3. The zero-order valence-corrected chi connectivity index (χ0v) is 19.4. The van der Waals surface area contributed by atoms with Gasteiger partial charge >= 0.3 is 0 Å². The molecule has 33 heavy (non-hydrogen) atoms. The van der Waals surface area contributed by atoms with Crippen molar-refractivity contribution >= 4 is 5.82 Å². The summed E-state index contributed by atoms with van der Waals surface area (Å²) >= 11 is 0. The fourth-order valence-corrected chi connectivity index (χ4v) is 5.33. The zero-order chi connectivity index (χ0) is 23.3. The number of alkyl halides is 1. The highest BCUT2D eigenvalue weighted by Gasteiger charge is 2.51. The Morgan fingerprint density at radius 2 is 2.00 bits per heavy atom. The monoisotopic (exact) mass is 452 g/mol. The van der Waals surface area contributed by atoms with E-state index in [1.165, 1.54) is 4.80 Å². The van der Waals surface area contributed by atoms with Gasteiger partial charge in [-0.25, -0.2) is 4.39 Å². The van der Waals surface area contributed by atoms with Crippen LogP contribution in [-0.2, 0) is 0 Å². The topological polar surface area (TPSA) is 96.1 Å². The van der Waals surface area contributed by atoms with E-state index in [2.05, 4.69) is 44.5 Å². The standard InChI is InChI=1S/C23H29FN8O/c1-14-25-29-32(28-14)15-7-8-16(20(33)12-15)17-9-10-21(27-26-17)30(3)19-13-23(2)11-5-6-18(22(19)24)31(23)4/h7-10,12,18-19,22,33H,5-6,11,13H2,1-4H3/t18?,19-,22-,23-/m1/s1. The third kappa shape index (κ3) is 3.72. The smallest absolute Gasteiger partial charge is 0.172 e. The first-order valence-corrected chi connectivity index (χ1v) is 11.3. The predicted octanol–water partition coefficient (Wildman–Crippen LogP) is 2.92. The van der Waals surface area contributed by atoms with E-state index in [9.17, 15) is 5.11 Å². The van der Waals surface area contributed by atoms with Crippen LogP contribution in [0.15, 0.2) is 30.3 Å². The SMILES string of the molecule is Cc1nnn(-c2ccc(-c3ccc(N(C)[C@@H]4C[C@@]5(C)CCCC([C@H]4F)N5C)nn3)c(O)c2)n1. The average Bonchev–Trinajstić information content (AvgIpc) is 3.24. The lowest BCUT2D eigenvalue weighted by atomic mass is 9.72. The number of rotatable bonds is 4. The highest BCUT2D eigenvalue weighted by Crippen LogP contribution is 2.43. The number of hydrogen-bond donors (Lipinski definition) is 1. The Morgan fingerprint density at radius 3 is 2.67 bits per heavy atom. The Hall–Kier alpha value is -3.14. The maximum absolute atomic E-state index is 15.5. The molecule has 4 heterocycles. The van der Waals surface area contributed by atoms with Crippen molar-refractivity contribution < 1.29 is 9.50 Å². The van der Waals surface area contributed by atoms with Gasteiger partial charge < -0.3 is 10.0 Å². The summed E-state index contributed by atoms with van der Waals surface area (Å²) in [7, 11) is 3.95. The Balaban J connectivity index is 1.36. The van der Waals surface area contributed by atoms with Gasteiger partial charge in [0.25, 0.3) is 0 Å². The van der Waals surface area contributed by atoms with E-state index in [4.69, 9.17) is 0 Å². The highest BCUT2D eigenvalue weighted by atomic mass is 19.1. The van der Waals surface area contributed by atoms with Crippen LogP contribution in [0.5, 0.6) is 5.75 Å². The fourth-order valence-electron chi connectivity index (χ4n) is 5.33. The molecule has 0 spiro atoms. The molecule has 1 unspecified atom stereocenters. The van der Waals surface area contributed by atoms with Crippen molar-refractivity contribution in [3.8, 4) is 22.7 Å². The zero-order valence-electron chi connectivity index (χ0n) is 19.4. The van der Waals surface area contributed by atoms with Crippen molar-refractivity contribution in [2.24, 2.45) is 0 Å². The number of fused-ring (bicyclic) bond motifs is 2. The fraction of sp³-hybridized carbons (Fsp3) is 0.522. The van der Waals surface area contributed by atoms with Crippen LogP contribution in [0.2, 0.25) is 0 Å². The molecule has 0 radical (unpaired) electrons. The number of benzene rings is 1. The molecule has 2 aromatic heterocycles. The Bertz CT molecular complexity index is 1150. The summed E-state index contributed by atoms with van der Waals surface area (Å²) in [6, 6.07) is 8.41. The summed E-state index contributed by atoms with van der Waals surface area (Å²) in [5.74, 6) is 1.20. The van der Waals surface area contributed by atoms with E-state index in [1.54, 1.807) is 31.2 Å². The lowest BCUT2D eigenvalue weighted by Crippen LogP contribution is -2.67. The van der Waals surface area contributed by atoms with Crippen molar-refractivity contribution in [2.75, 3.05) is 19.0 Å². The quantitative estimate of drug-likeness (QED) is 0.646. The normalized spacial score (nSPS) is 27.5. The van der Waals surface area contributed by atoms with Gasteiger partial charge in [-0.15, -0.1) is 25.2 Å². The minimum atomic E-state index is -0.944. The van der Waals surface area contributed by atoms with E-state index >= 15 is 4.39 Å². The molecule has 5 rings (SSSR count). The van der Waals surface area contributed by atoms with Crippen LogP contribution in [-0.4, -0.2) is 78.3 Å². The number of nitrogens with zero attached hydrogens (tertiary/aromatic N) is 8. The van der Waals surface area contributed by atoms with Crippen molar-refractivity contribution in [3.63, 3.8) is 0 Å². The molecule has 0 aliphatic carbocycles. The number of piperidine rings is 2. The molecule has 1 aromatic carbocycles. The molecule has 2 bridgehead atoms. The molecule has 2 saturated heterocycles. The molecule has 3 aromatic rings. The van der Waals surface area contributed by atoms with Crippen molar-refractivity contribution in [2.45, 2.75) is 63.3 Å². The summed E-state index contributed by atoms with van der Waals surface area (Å²) in [4.78, 5) is 5.52. The summed E-state index contributed by atoms with van der Waals surface area (Å²) in [6.45, 7) is 3.98. The average molecular weight is 453 g/mol. The number of aryl methyl sites for hydroxylation is 1. The molecule has 9 nitrogen and oxygen atoms in total. The van der Waals surface area contributed by atoms with Crippen LogP contribution >= 0.6 is 0 Å². The number of aromatic nitrogens is 6. The second-order valence-electron chi connectivity index (χ2n) is 9.50. The largest absolute Gasteiger partial charge is 0.507 e. The number of phenolic OH excluding ortho intramolecular Hbond substituents is 1. The number of halogens is 1. The number of hydrogen-bond acceptors (Lipinski definition) is 8. The summed E-state index contributed by atoms with van der Waals surface area (Å²) < 4.78 is 15.5. The molecule has 2 aliphatic heterocycles. The minimum absolute atomic E-state index is 0.00281. The summed E-state index contributed by atoms with van der Waals surface area (Å²) in [6.07, 6.45) is 2.85. The van der Waals surface area contributed by atoms with Crippen molar-refractivity contribution in [3.05, 3.63) is 36.2 Å². The van der Waals surface area contributed by atoms with Crippen LogP contribution in [0.3, 0.4) is 0 Å². The molecule has 10 heteroatoms. The third-order valence-electron chi connectivity index (χ3n) is 7.46. The molecule has 0 saturated carbocycles. The van der Waals surface area contributed by atoms with Crippen LogP contribution in [0.1, 0.15) is 38.4 Å². The van der Waals surface area contributed by atoms with Gasteiger partial charge in [0.1, 0.15) is 11.9 Å². The van der Waals surface area contributed by atoms with Crippen molar-refractivity contribution in [1.82, 2.24) is 35.3 Å². The molecule has 2 aliphatic rings. The third-order valence-corrected chi connectivity index (χ3v) is 7.46. The van der Waals surface area contributed by atoms with Gasteiger partial charge in [-0.05, 0) is 76.1 Å². The summed E-state index contributed by atoms with van der Waals surface area (Å²) in [5, 5.41) is 31.2. The van der Waals surface area contributed by atoms with E-state index < -0.39 is 6.17 Å². The van der Waals surface area contributed by atoms with Crippen LogP contribution in [0, 0.1) is 6.92 Å². The number of aromatic hydroxyl groups is 1. The van der Waals surface area contributed by atoms with E-state index in [-0.39, 0.29) is 23.4 Å². The lowest BCUT2D eigenvalue weighted by Gasteiger charge is -2.56. The second kappa shape index (κ2) is 8.02. The molecule has 2 fully saturated rings. The van der Waals surface area contributed by atoms with Gasteiger partial charge in [0.15, 0.2) is 11.6 Å². The lowest BCUT2D eigenvalue weighted by molar-refractivity contribution is -0.0600. The van der Waals surface area contributed by atoms with E-state index in [1.807, 2.05) is 18.0 Å². The van der Waals surface area contributed by atoms with Gasteiger partial charge in [0.05, 0.1) is 17.4 Å². The minimum Gasteiger partial charge on any atom is -0.507 e. The van der Waals surface area contributed by atoms with Gasteiger partial charge in [0.2, 0.25) is 0 Å². The molecule has 0 amide bonds. The van der Waals surface area contributed by atoms with Crippen LogP contribution in [0.25, 0.3) is 16.9 Å². The van der Waals surface area contributed by atoms with Gasteiger partial charge in [-0.3, -0.25) is 4.90 Å². The molecule has 174 valence electrons. The molecular formula is C23H29FN8O. The van der Waals surface area contributed by atoms with E-state index in [0.717, 1.165) is 25.7 Å². The molecule has 4 atom stereocenters. The maximum atomic E-state index is 15.5. The molecule has 1 N–H and O–H groups in total. The highest BCUT2D eigenvalue weighted by molar-refractivity contribution is 5.68. The predicted molar refractivity (Wildman–Crippen MR) is 122 cm³/mol. The number of anilines is 1. The Labute approximate surface area is 192 Å². The first-order chi connectivity index (χ1) is 15.8. The Morgan fingerprint density at radius 1 is 1.18 bits per heavy atom. The number of phenols is 1. The first kappa shape index (κ1) is 21.7. The van der Waals surface area contributed by atoms with Crippen LogP contribution in [0.4, 0.5) is 10.2 Å². The maximum Gasteiger partial charge on any atom is 0.172 e. The second-order valence-corrected chi connectivity index (χ2v) is 9.50. The van der Waals surface area contributed by atoms with Gasteiger partial charge in [-0.2, -0.15) is 0 Å². The molecular weight excluding hydrogens is 423 g/mol. The summed E-state index contributed by atoms with van der Waals surface area (Å²) in [5.41, 5.74) is 1.67. The van der Waals surface area contributed by atoms with Gasteiger partial charge in [-0.1, -0.05) is 0 Å². The Kier molecular flexibility index (Phi) is 5.27. The van der Waals surface area contributed by atoms with Gasteiger partial charge in [0, 0.05) is 30.3 Å². The van der Waals surface area contributed by atoms with Crippen molar-refractivity contribution in [1.29, 1.82) is 0 Å². The number of tetrazole rings is 1.